The summed E-state index contributed by atoms with van der Waals surface area (Å²) in [5, 5.41) is 3.27. The predicted molar refractivity (Wildman–Crippen MR) is 75.6 cm³/mol. The molecule has 1 unspecified atom stereocenters. The van der Waals surface area contributed by atoms with Crippen molar-refractivity contribution in [2.45, 2.75) is 39.7 Å². The molecule has 1 heterocycles. The smallest absolute Gasteiger partial charge is 0.223 e. The molecule has 0 aromatic carbocycles. The van der Waals surface area contributed by atoms with Crippen LogP contribution in [-0.4, -0.2) is 61.5 Å². The van der Waals surface area contributed by atoms with E-state index in [1.165, 1.54) is 6.42 Å². The van der Waals surface area contributed by atoms with Gasteiger partial charge in [0.1, 0.15) is 0 Å². The van der Waals surface area contributed by atoms with Crippen LogP contribution in [0.15, 0.2) is 0 Å². The van der Waals surface area contributed by atoms with Crippen LogP contribution in [0.4, 0.5) is 0 Å². The first kappa shape index (κ1) is 15.4. The Kier molecular flexibility index (Phi) is 6.65. The highest BCUT2D eigenvalue weighted by atomic mass is 16.2. The molecule has 4 heteroatoms. The monoisotopic (exact) mass is 255 g/mol. The predicted octanol–water partition coefficient (Wildman–Crippen LogP) is 1.17. The topological polar surface area (TPSA) is 35.6 Å². The third kappa shape index (κ3) is 5.36. The molecule has 1 atom stereocenters. The number of nitrogens with one attached hydrogen (secondary N) is 1. The van der Waals surface area contributed by atoms with E-state index < -0.39 is 0 Å². The van der Waals surface area contributed by atoms with Crippen LogP contribution in [0.5, 0.6) is 0 Å². The number of nitrogens with zero attached hydrogens (tertiary/aromatic N) is 2. The molecule has 0 radical (unpaired) electrons. The third-order valence-electron chi connectivity index (χ3n) is 3.71. The molecule has 1 aliphatic heterocycles. The maximum absolute atomic E-state index is 12.0. The molecule has 0 bridgehead atoms. The Bertz CT molecular complexity index is 249. The summed E-state index contributed by atoms with van der Waals surface area (Å²) >= 11 is 0. The molecule has 4 nitrogen and oxygen atoms in total. The molecule has 0 aliphatic carbocycles. The van der Waals surface area contributed by atoms with E-state index in [1.807, 2.05) is 4.90 Å². The van der Waals surface area contributed by atoms with Crippen molar-refractivity contribution in [2.24, 2.45) is 5.92 Å². The highest BCUT2D eigenvalue weighted by molar-refractivity contribution is 5.76. The van der Waals surface area contributed by atoms with Crippen LogP contribution in [0.25, 0.3) is 0 Å². The van der Waals surface area contributed by atoms with Gasteiger partial charge in [-0.25, -0.2) is 0 Å². The van der Waals surface area contributed by atoms with Crippen LogP contribution in [0.1, 0.15) is 33.6 Å². The van der Waals surface area contributed by atoms with Crippen molar-refractivity contribution in [1.82, 2.24) is 15.1 Å². The molecular weight excluding hydrogens is 226 g/mol. The van der Waals surface area contributed by atoms with Crippen LogP contribution < -0.4 is 5.32 Å². The Labute approximate surface area is 112 Å². The molecule has 0 aromatic rings. The lowest BCUT2D eigenvalue weighted by atomic mass is 10.0. The van der Waals surface area contributed by atoms with E-state index in [1.54, 1.807) is 0 Å². The van der Waals surface area contributed by atoms with Crippen molar-refractivity contribution in [3.05, 3.63) is 0 Å². The zero-order valence-corrected chi connectivity index (χ0v) is 12.4. The summed E-state index contributed by atoms with van der Waals surface area (Å²) in [7, 11) is 2.12. The van der Waals surface area contributed by atoms with Crippen LogP contribution in [-0.2, 0) is 4.79 Å². The standard InChI is InChI=1S/C14H29N3O/c1-12(2)11-13(3)16(4)8-5-14(18)17-9-6-15-7-10-17/h12-13,15H,5-11H2,1-4H3. The fourth-order valence-corrected chi connectivity index (χ4v) is 2.43. The molecule has 1 fully saturated rings. The van der Waals surface area contributed by atoms with E-state index in [0.29, 0.717) is 24.3 Å². The summed E-state index contributed by atoms with van der Waals surface area (Å²) in [6.45, 7) is 11.2. The minimum atomic E-state index is 0.306. The Morgan fingerprint density at radius 3 is 2.44 bits per heavy atom. The number of carbonyl (C=O) groups excluding carboxylic acids is 1. The zero-order valence-electron chi connectivity index (χ0n) is 12.4. The largest absolute Gasteiger partial charge is 0.340 e. The number of hydrogen-bond donors (Lipinski definition) is 1. The van der Waals surface area contributed by atoms with Crippen molar-refractivity contribution >= 4 is 5.91 Å². The van der Waals surface area contributed by atoms with Gasteiger partial charge < -0.3 is 15.1 Å². The van der Waals surface area contributed by atoms with Gasteiger partial charge in [-0.3, -0.25) is 4.79 Å². The first-order chi connectivity index (χ1) is 8.50. The number of hydrogen-bond acceptors (Lipinski definition) is 3. The normalized spacial score (nSPS) is 18.4. The molecule has 0 spiro atoms. The second-order valence-electron chi connectivity index (χ2n) is 5.84. The van der Waals surface area contributed by atoms with Gasteiger partial charge in [0.25, 0.3) is 0 Å². The third-order valence-corrected chi connectivity index (χ3v) is 3.71. The summed E-state index contributed by atoms with van der Waals surface area (Å²) in [4.78, 5) is 16.3. The maximum atomic E-state index is 12.0. The van der Waals surface area contributed by atoms with Gasteiger partial charge in [0.2, 0.25) is 5.91 Å². The molecule has 0 saturated carbocycles. The molecule has 1 aliphatic rings. The Morgan fingerprint density at radius 2 is 1.89 bits per heavy atom. The Balaban J connectivity index is 2.24. The van der Waals surface area contributed by atoms with Crippen molar-refractivity contribution in [2.75, 3.05) is 39.8 Å². The van der Waals surface area contributed by atoms with Gasteiger partial charge >= 0.3 is 0 Å². The van der Waals surface area contributed by atoms with E-state index in [0.717, 1.165) is 32.7 Å². The number of piperazine rings is 1. The van der Waals surface area contributed by atoms with Gasteiger partial charge in [-0.05, 0) is 26.3 Å². The van der Waals surface area contributed by atoms with E-state index in [2.05, 4.69) is 38.0 Å². The Hall–Kier alpha value is -0.610. The molecule has 1 saturated heterocycles. The fraction of sp³-hybridized carbons (Fsp3) is 0.929. The lowest BCUT2D eigenvalue weighted by Crippen LogP contribution is -2.47. The molecule has 18 heavy (non-hydrogen) atoms. The van der Waals surface area contributed by atoms with Gasteiger partial charge in [-0.1, -0.05) is 13.8 Å². The van der Waals surface area contributed by atoms with Gasteiger partial charge in [0.15, 0.2) is 0 Å². The van der Waals surface area contributed by atoms with E-state index >= 15 is 0 Å². The maximum Gasteiger partial charge on any atom is 0.223 e. The molecule has 0 aromatic heterocycles. The lowest BCUT2D eigenvalue weighted by Gasteiger charge is -2.30. The molecule has 106 valence electrons. The van der Waals surface area contributed by atoms with Gasteiger partial charge in [-0.15, -0.1) is 0 Å². The first-order valence-electron chi connectivity index (χ1n) is 7.19. The number of carbonyl (C=O) groups is 1. The lowest BCUT2D eigenvalue weighted by molar-refractivity contribution is -0.132. The van der Waals surface area contributed by atoms with Gasteiger partial charge in [0, 0.05) is 45.2 Å². The van der Waals surface area contributed by atoms with Gasteiger partial charge in [-0.2, -0.15) is 0 Å². The van der Waals surface area contributed by atoms with E-state index in [9.17, 15) is 4.79 Å². The summed E-state index contributed by atoms with van der Waals surface area (Å²) in [6.07, 6.45) is 1.84. The highest BCUT2D eigenvalue weighted by Crippen LogP contribution is 2.10. The van der Waals surface area contributed by atoms with Crippen LogP contribution in [0, 0.1) is 5.92 Å². The Morgan fingerprint density at radius 1 is 1.28 bits per heavy atom. The molecule has 1 amide bonds. The van der Waals surface area contributed by atoms with Crippen molar-refractivity contribution in [3.8, 4) is 0 Å². The molecule has 1 rings (SSSR count). The second kappa shape index (κ2) is 7.74. The second-order valence-corrected chi connectivity index (χ2v) is 5.84. The number of amides is 1. The van der Waals surface area contributed by atoms with E-state index in [4.69, 9.17) is 0 Å². The minimum absolute atomic E-state index is 0.306. The average Bonchev–Trinajstić information content (AvgIpc) is 2.35. The summed E-state index contributed by atoms with van der Waals surface area (Å²) < 4.78 is 0. The quantitative estimate of drug-likeness (QED) is 0.774. The van der Waals surface area contributed by atoms with Crippen LogP contribution >= 0.6 is 0 Å². The highest BCUT2D eigenvalue weighted by Gasteiger charge is 2.17. The van der Waals surface area contributed by atoms with Gasteiger partial charge in [0.05, 0.1) is 0 Å². The van der Waals surface area contributed by atoms with Crippen molar-refractivity contribution in [1.29, 1.82) is 0 Å². The number of rotatable bonds is 6. The van der Waals surface area contributed by atoms with E-state index in [-0.39, 0.29) is 0 Å². The SMILES string of the molecule is CC(C)CC(C)N(C)CCC(=O)N1CCNCC1. The van der Waals surface area contributed by atoms with Crippen LogP contribution in [0.2, 0.25) is 0 Å². The van der Waals surface area contributed by atoms with Crippen molar-refractivity contribution < 1.29 is 4.79 Å². The average molecular weight is 255 g/mol. The van der Waals surface area contributed by atoms with Crippen molar-refractivity contribution in [3.63, 3.8) is 0 Å². The minimum Gasteiger partial charge on any atom is -0.340 e. The first-order valence-corrected chi connectivity index (χ1v) is 7.19. The summed E-state index contributed by atoms with van der Waals surface area (Å²) in [5.41, 5.74) is 0. The summed E-state index contributed by atoms with van der Waals surface area (Å²) in [6, 6.07) is 0.556. The fourth-order valence-electron chi connectivity index (χ4n) is 2.43. The molecule has 1 N–H and O–H groups in total. The van der Waals surface area contributed by atoms with Crippen LogP contribution in [0.3, 0.4) is 0 Å². The zero-order chi connectivity index (χ0) is 13.5. The molecular formula is C14H29N3O. The summed E-state index contributed by atoms with van der Waals surface area (Å²) in [5.74, 6) is 1.02.